The van der Waals surface area contributed by atoms with Gasteiger partial charge in [-0.2, -0.15) is 11.8 Å². The van der Waals surface area contributed by atoms with Crippen molar-refractivity contribution in [3.8, 4) is 0 Å². The summed E-state index contributed by atoms with van der Waals surface area (Å²) in [6.45, 7) is 3.15. The minimum absolute atomic E-state index is 0.368. The minimum Gasteiger partial charge on any atom is -0.478 e. The van der Waals surface area contributed by atoms with Gasteiger partial charge in [-0.1, -0.05) is 12.2 Å². The van der Waals surface area contributed by atoms with Crippen molar-refractivity contribution in [1.29, 1.82) is 0 Å². The third kappa shape index (κ3) is 8.56. The van der Waals surface area contributed by atoms with Crippen LogP contribution in [0.1, 0.15) is 26.7 Å². The van der Waals surface area contributed by atoms with Crippen molar-refractivity contribution in [1.82, 2.24) is 0 Å². The Labute approximate surface area is 105 Å². The van der Waals surface area contributed by atoms with E-state index in [2.05, 4.69) is 0 Å². The van der Waals surface area contributed by atoms with Gasteiger partial charge in [0, 0.05) is 11.1 Å². The molecule has 0 bridgehead atoms. The molecule has 0 rings (SSSR count). The maximum absolute atomic E-state index is 10.5. The Morgan fingerprint density at radius 2 is 1.29 bits per heavy atom. The van der Waals surface area contributed by atoms with Crippen molar-refractivity contribution in [3.63, 3.8) is 0 Å². The number of carbonyl (C=O) groups is 2. The van der Waals surface area contributed by atoms with Crippen LogP contribution in [0.5, 0.6) is 0 Å². The van der Waals surface area contributed by atoms with Crippen molar-refractivity contribution in [2.24, 2.45) is 0 Å². The normalized spacial score (nSPS) is 12.6. The van der Waals surface area contributed by atoms with E-state index in [4.69, 9.17) is 10.2 Å². The molecular weight excluding hydrogens is 240 g/mol. The molecule has 0 saturated heterocycles. The zero-order valence-corrected chi connectivity index (χ0v) is 10.9. The van der Waals surface area contributed by atoms with Gasteiger partial charge >= 0.3 is 11.9 Å². The van der Waals surface area contributed by atoms with E-state index >= 15 is 0 Å². The summed E-state index contributed by atoms with van der Waals surface area (Å²) in [6, 6.07) is 0. The molecule has 0 spiro atoms. The number of rotatable bonds is 8. The standard InChI is InChI=1S/C12H18O4S/c1-9(11(13)14)5-3-7-17-8-4-6-10(2)12(15)16/h5-6H,3-4,7-8H2,1-2H3,(H,13,14)(H,15,16). The lowest BCUT2D eigenvalue weighted by molar-refractivity contribution is -0.133. The maximum atomic E-state index is 10.5. The fraction of sp³-hybridized carbons (Fsp3) is 0.500. The van der Waals surface area contributed by atoms with Gasteiger partial charge in [-0.15, -0.1) is 0 Å². The number of thioether (sulfide) groups is 1. The molecule has 0 atom stereocenters. The quantitative estimate of drug-likeness (QED) is 0.517. The summed E-state index contributed by atoms with van der Waals surface area (Å²) < 4.78 is 0. The smallest absolute Gasteiger partial charge is 0.330 e. The molecule has 0 aliphatic heterocycles. The van der Waals surface area contributed by atoms with Crippen molar-refractivity contribution in [2.75, 3.05) is 11.5 Å². The second-order valence-electron chi connectivity index (χ2n) is 3.57. The van der Waals surface area contributed by atoms with Crippen molar-refractivity contribution < 1.29 is 19.8 Å². The zero-order chi connectivity index (χ0) is 13.3. The van der Waals surface area contributed by atoms with Crippen molar-refractivity contribution >= 4 is 23.7 Å². The Kier molecular flexibility index (Phi) is 8.23. The van der Waals surface area contributed by atoms with Gasteiger partial charge in [0.05, 0.1) is 0 Å². The predicted octanol–water partition coefficient (Wildman–Crippen LogP) is 2.56. The molecular formula is C12H18O4S. The molecule has 0 aromatic carbocycles. The van der Waals surface area contributed by atoms with Crippen molar-refractivity contribution in [3.05, 3.63) is 23.3 Å². The number of allylic oxidation sites excluding steroid dienone is 2. The second kappa shape index (κ2) is 8.87. The van der Waals surface area contributed by atoms with E-state index in [0.29, 0.717) is 11.1 Å². The highest BCUT2D eigenvalue weighted by Gasteiger charge is 1.99. The van der Waals surface area contributed by atoms with Crippen molar-refractivity contribution in [2.45, 2.75) is 26.7 Å². The molecule has 0 radical (unpaired) electrons. The lowest BCUT2D eigenvalue weighted by atomic mass is 10.2. The summed E-state index contributed by atoms with van der Waals surface area (Å²) in [5.41, 5.74) is 0.736. The molecule has 2 N–H and O–H groups in total. The Balaban J connectivity index is 3.61. The minimum atomic E-state index is -0.880. The molecule has 0 aliphatic rings. The molecule has 0 aromatic rings. The number of hydrogen-bond donors (Lipinski definition) is 2. The topological polar surface area (TPSA) is 74.6 Å². The third-order valence-electron chi connectivity index (χ3n) is 2.10. The number of hydrogen-bond acceptors (Lipinski definition) is 3. The van der Waals surface area contributed by atoms with Gasteiger partial charge in [0.1, 0.15) is 0 Å². The summed E-state index contributed by atoms with van der Waals surface area (Å²) >= 11 is 1.69. The summed E-state index contributed by atoms with van der Waals surface area (Å²) in [6.07, 6.45) is 4.86. The summed E-state index contributed by atoms with van der Waals surface area (Å²) in [5.74, 6) is -0.0557. The highest BCUT2D eigenvalue weighted by Crippen LogP contribution is 2.08. The monoisotopic (exact) mass is 258 g/mol. The van der Waals surface area contributed by atoms with Crippen LogP contribution in [0.3, 0.4) is 0 Å². The second-order valence-corrected chi connectivity index (χ2v) is 4.80. The molecule has 0 heterocycles. The Morgan fingerprint density at radius 3 is 1.59 bits per heavy atom. The summed E-state index contributed by atoms with van der Waals surface area (Å²) in [5, 5.41) is 17.2. The number of aliphatic carboxylic acids is 2. The molecule has 0 amide bonds. The SMILES string of the molecule is CC(=CCCSCCC=C(C)C(=O)O)C(=O)O. The Morgan fingerprint density at radius 1 is 0.941 bits per heavy atom. The highest BCUT2D eigenvalue weighted by molar-refractivity contribution is 7.99. The molecule has 5 heteroatoms. The fourth-order valence-corrected chi connectivity index (χ4v) is 1.77. The van der Waals surface area contributed by atoms with E-state index in [9.17, 15) is 9.59 Å². The average Bonchev–Trinajstić information content (AvgIpc) is 2.26. The van der Waals surface area contributed by atoms with Gasteiger partial charge in [-0.05, 0) is 38.2 Å². The van der Waals surface area contributed by atoms with E-state index in [1.165, 1.54) is 0 Å². The van der Waals surface area contributed by atoms with Gasteiger partial charge in [0.25, 0.3) is 0 Å². The maximum Gasteiger partial charge on any atom is 0.330 e. The molecule has 0 saturated carbocycles. The van der Waals surface area contributed by atoms with Gasteiger partial charge in [0.15, 0.2) is 0 Å². The third-order valence-corrected chi connectivity index (χ3v) is 3.15. The van der Waals surface area contributed by atoms with Crippen LogP contribution >= 0.6 is 11.8 Å². The van der Waals surface area contributed by atoms with Gasteiger partial charge < -0.3 is 10.2 Å². The van der Waals surface area contributed by atoms with Crippen LogP contribution in [0.2, 0.25) is 0 Å². The molecule has 4 nitrogen and oxygen atoms in total. The number of carboxylic acid groups (broad SMARTS) is 2. The highest BCUT2D eigenvalue weighted by atomic mass is 32.2. The predicted molar refractivity (Wildman–Crippen MR) is 69.3 cm³/mol. The van der Waals surface area contributed by atoms with E-state index in [-0.39, 0.29) is 0 Å². The lowest BCUT2D eigenvalue weighted by Crippen LogP contribution is -1.96. The van der Waals surface area contributed by atoms with Crippen LogP contribution in [0.15, 0.2) is 23.3 Å². The van der Waals surface area contributed by atoms with E-state index in [0.717, 1.165) is 24.3 Å². The molecule has 96 valence electrons. The fourth-order valence-electron chi connectivity index (χ4n) is 0.994. The van der Waals surface area contributed by atoms with Crippen LogP contribution < -0.4 is 0 Å². The molecule has 0 aromatic heterocycles. The van der Waals surface area contributed by atoms with Crippen LogP contribution in [0.25, 0.3) is 0 Å². The Hall–Kier alpha value is -1.23. The molecule has 17 heavy (non-hydrogen) atoms. The largest absolute Gasteiger partial charge is 0.478 e. The van der Waals surface area contributed by atoms with E-state index in [1.807, 2.05) is 0 Å². The van der Waals surface area contributed by atoms with E-state index in [1.54, 1.807) is 37.8 Å². The lowest BCUT2D eigenvalue weighted by Gasteiger charge is -1.98. The summed E-state index contributed by atoms with van der Waals surface area (Å²) in [7, 11) is 0. The van der Waals surface area contributed by atoms with E-state index < -0.39 is 11.9 Å². The first-order chi connectivity index (χ1) is 7.95. The van der Waals surface area contributed by atoms with Crippen LogP contribution in [0.4, 0.5) is 0 Å². The molecule has 0 fully saturated rings. The van der Waals surface area contributed by atoms with Crippen LogP contribution in [0, 0.1) is 0 Å². The molecule has 0 aliphatic carbocycles. The zero-order valence-electron chi connectivity index (χ0n) is 10.1. The van der Waals surface area contributed by atoms with Crippen LogP contribution in [-0.4, -0.2) is 33.7 Å². The number of carboxylic acids is 2. The van der Waals surface area contributed by atoms with Gasteiger partial charge in [-0.25, -0.2) is 9.59 Å². The summed E-state index contributed by atoms with van der Waals surface area (Å²) in [4.78, 5) is 20.9. The first kappa shape index (κ1) is 15.8. The van der Waals surface area contributed by atoms with Crippen LogP contribution in [-0.2, 0) is 9.59 Å². The molecule has 0 unspecified atom stereocenters. The van der Waals surface area contributed by atoms with Gasteiger partial charge in [-0.3, -0.25) is 0 Å². The average molecular weight is 258 g/mol. The Bertz CT molecular complexity index is 299. The van der Waals surface area contributed by atoms with Gasteiger partial charge in [0.2, 0.25) is 0 Å². The first-order valence-corrected chi connectivity index (χ1v) is 6.48. The first-order valence-electron chi connectivity index (χ1n) is 5.33.